The first-order valence-corrected chi connectivity index (χ1v) is 6.26. The van der Waals surface area contributed by atoms with E-state index in [4.69, 9.17) is 19.3 Å². The number of carbonyl (C=O) groups is 2. The molecule has 0 aliphatic carbocycles. The molecule has 0 saturated heterocycles. The maximum absolute atomic E-state index is 12.2. The molecule has 0 spiro atoms. The molecule has 2 N–H and O–H groups in total. The molecule has 0 radical (unpaired) electrons. The molecule has 0 aliphatic rings. The zero-order chi connectivity index (χ0) is 16.0. The number of carboxylic acid groups (broad SMARTS) is 1. The lowest BCUT2D eigenvalue weighted by Crippen LogP contribution is -2.34. The van der Waals surface area contributed by atoms with E-state index in [-0.39, 0.29) is 17.7 Å². The quantitative estimate of drug-likeness (QED) is 0.788. The lowest BCUT2D eigenvalue weighted by atomic mass is 10.1. The number of methoxy groups -OCH3 is 3. The number of carbonyl (C=O) groups excluding carboxylic acids is 1. The number of nitrogens with one attached hydrogen (secondary N) is 1. The van der Waals surface area contributed by atoms with Crippen LogP contribution in [0.25, 0.3) is 0 Å². The Morgan fingerprint density at radius 3 is 2.24 bits per heavy atom. The predicted octanol–water partition coefficient (Wildman–Crippen LogP) is 1.31. The molecule has 7 nitrogen and oxygen atoms in total. The second-order valence-corrected chi connectivity index (χ2v) is 4.35. The van der Waals surface area contributed by atoms with Crippen LogP contribution < -0.4 is 19.5 Å². The fraction of sp³-hybridized carbons (Fsp3) is 0.429. The third-order valence-electron chi connectivity index (χ3n) is 2.81. The van der Waals surface area contributed by atoms with E-state index in [2.05, 4.69) is 5.32 Å². The highest BCUT2D eigenvalue weighted by Gasteiger charge is 2.22. The molecule has 1 rings (SSSR count). The monoisotopic (exact) mass is 297 g/mol. The highest BCUT2D eigenvalue weighted by molar-refractivity contribution is 5.98. The molecule has 1 aromatic rings. The number of ether oxygens (including phenoxy) is 3. The van der Waals surface area contributed by atoms with Crippen LogP contribution in [0.15, 0.2) is 12.1 Å². The fourth-order valence-electron chi connectivity index (χ4n) is 1.89. The summed E-state index contributed by atoms with van der Waals surface area (Å²) in [7, 11) is 4.33. The van der Waals surface area contributed by atoms with Crippen molar-refractivity contribution < 1.29 is 28.9 Å². The Morgan fingerprint density at radius 2 is 1.76 bits per heavy atom. The van der Waals surface area contributed by atoms with Gasteiger partial charge in [0.05, 0.1) is 33.3 Å². The molecule has 1 amide bonds. The maximum atomic E-state index is 12.2. The Labute approximate surface area is 122 Å². The van der Waals surface area contributed by atoms with Gasteiger partial charge in [0.15, 0.2) is 11.5 Å². The molecule has 0 aromatic heterocycles. The second-order valence-electron chi connectivity index (χ2n) is 4.35. The smallest absolute Gasteiger partial charge is 0.305 e. The van der Waals surface area contributed by atoms with Crippen LogP contribution in [0.3, 0.4) is 0 Å². The largest absolute Gasteiger partial charge is 0.493 e. The highest BCUT2D eigenvalue weighted by Crippen LogP contribution is 2.39. The molecule has 7 heteroatoms. The molecule has 0 saturated carbocycles. The van der Waals surface area contributed by atoms with Crippen molar-refractivity contribution in [3.05, 3.63) is 17.7 Å². The van der Waals surface area contributed by atoms with Gasteiger partial charge < -0.3 is 24.6 Å². The van der Waals surface area contributed by atoms with Crippen LogP contribution in [0.4, 0.5) is 0 Å². The standard InChI is InChI=1S/C14H19NO6/c1-8(7-11(16)17)15-14(18)9-5-6-10(19-2)13(21-4)12(9)20-3/h5-6,8H,7H2,1-4H3,(H,15,18)(H,16,17). The third-order valence-corrected chi connectivity index (χ3v) is 2.81. The van der Waals surface area contributed by atoms with Gasteiger partial charge in [0.1, 0.15) is 0 Å². The van der Waals surface area contributed by atoms with Crippen LogP contribution in [-0.2, 0) is 4.79 Å². The number of aliphatic carboxylic acids is 1. The van der Waals surface area contributed by atoms with Gasteiger partial charge in [-0.25, -0.2) is 0 Å². The molecular formula is C14H19NO6. The highest BCUT2D eigenvalue weighted by atomic mass is 16.5. The van der Waals surface area contributed by atoms with E-state index in [1.165, 1.54) is 27.4 Å². The van der Waals surface area contributed by atoms with E-state index in [1.54, 1.807) is 13.0 Å². The number of hydrogen-bond acceptors (Lipinski definition) is 5. The zero-order valence-electron chi connectivity index (χ0n) is 12.4. The van der Waals surface area contributed by atoms with Crippen LogP contribution in [0, 0.1) is 0 Å². The average Bonchev–Trinajstić information content (AvgIpc) is 2.44. The van der Waals surface area contributed by atoms with Crippen molar-refractivity contribution in [2.24, 2.45) is 0 Å². The summed E-state index contributed by atoms with van der Waals surface area (Å²) in [5.41, 5.74) is 0.243. The Kier molecular flexibility index (Phi) is 5.83. The van der Waals surface area contributed by atoms with Crippen LogP contribution in [0.5, 0.6) is 17.2 Å². The van der Waals surface area contributed by atoms with Crippen molar-refractivity contribution in [1.82, 2.24) is 5.32 Å². The van der Waals surface area contributed by atoms with Crippen molar-refractivity contribution in [2.45, 2.75) is 19.4 Å². The van der Waals surface area contributed by atoms with Crippen LogP contribution in [-0.4, -0.2) is 44.4 Å². The molecular weight excluding hydrogens is 278 g/mol. The summed E-state index contributed by atoms with van der Waals surface area (Å²) in [4.78, 5) is 22.8. The minimum absolute atomic E-state index is 0.165. The Bertz CT molecular complexity index is 528. The van der Waals surface area contributed by atoms with E-state index >= 15 is 0 Å². The van der Waals surface area contributed by atoms with E-state index in [9.17, 15) is 9.59 Å². The number of amides is 1. The molecule has 1 unspecified atom stereocenters. The van der Waals surface area contributed by atoms with E-state index in [0.29, 0.717) is 11.5 Å². The van der Waals surface area contributed by atoms with Crippen molar-refractivity contribution in [3.8, 4) is 17.2 Å². The van der Waals surface area contributed by atoms with Crippen molar-refractivity contribution in [1.29, 1.82) is 0 Å². The van der Waals surface area contributed by atoms with Gasteiger partial charge in [0.2, 0.25) is 5.75 Å². The predicted molar refractivity (Wildman–Crippen MR) is 75.3 cm³/mol. The van der Waals surface area contributed by atoms with Crippen LogP contribution >= 0.6 is 0 Å². The normalized spacial score (nSPS) is 11.4. The summed E-state index contributed by atoms with van der Waals surface area (Å²) in [6, 6.07) is 2.61. The van der Waals surface area contributed by atoms with Gasteiger partial charge in [-0.05, 0) is 19.1 Å². The Hall–Kier alpha value is -2.44. The number of benzene rings is 1. The second kappa shape index (κ2) is 7.37. The molecule has 116 valence electrons. The summed E-state index contributed by atoms with van der Waals surface area (Å²) in [5.74, 6) is -0.455. The van der Waals surface area contributed by atoms with E-state index in [0.717, 1.165) is 0 Å². The van der Waals surface area contributed by atoms with Gasteiger partial charge in [0, 0.05) is 6.04 Å². The number of rotatable bonds is 7. The van der Waals surface area contributed by atoms with Gasteiger partial charge in [-0.3, -0.25) is 9.59 Å². The first kappa shape index (κ1) is 16.6. The minimum atomic E-state index is -0.984. The molecule has 0 fully saturated rings. The van der Waals surface area contributed by atoms with Gasteiger partial charge in [-0.1, -0.05) is 0 Å². The molecule has 0 aliphatic heterocycles. The fourth-order valence-corrected chi connectivity index (χ4v) is 1.89. The summed E-state index contributed by atoms with van der Waals surface area (Å²) in [5, 5.41) is 11.3. The Morgan fingerprint density at radius 1 is 1.14 bits per heavy atom. The van der Waals surface area contributed by atoms with Gasteiger partial charge in [-0.2, -0.15) is 0 Å². The first-order chi connectivity index (χ1) is 9.94. The molecule has 0 heterocycles. The molecule has 1 atom stereocenters. The van der Waals surface area contributed by atoms with Crippen LogP contribution in [0.2, 0.25) is 0 Å². The molecule has 0 bridgehead atoms. The number of carboxylic acids is 1. The third kappa shape index (κ3) is 4.01. The van der Waals surface area contributed by atoms with Crippen molar-refractivity contribution in [3.63, 3.8) is 0 Å². The Balaban J connectivity index is 3.07. The van der Waals surface area contributed by atoms with E-state index in [1.807, 2.05) is 0 Å². The SMILES string of the molecule is COc1ccc(C(=O)NC(C)CC(=O)O)c(OC)c1OC. The summed E-state index contributed by atoms with van der Waals surface area (Å²) in [6.07, 6.45) is -0.165. The molecule has 1 aromatic carbocycles. The zero-order valence-corrected chi connectivity index (χ0v) is 12.4. The van der Waals surface area contributed by atoms with Crippen molar-refractivity contribution >= 4 is 11.9 Å². The lowest BCUT2D eigenvalue weighted by Gasteiger charge is -2.17. The number of hydrogen-bond donors (Lipinski definition) is 2. The summed E-state index contributed by atoms with van der Waals surface area (Å²) >= 11 is 0. The van der Waals surface area contributed by atoms with Gasteiger partial charge in [-0.15, -0.1) is 0 Å². The molecule has 21 heavy (non-hydrogen) atoms. The minimum Gasteiger partial charge on any atom is -0.493 e. The first-order valence-electron chi connectivity index (χ1n) is 6.26. The van der Waals surface area contributed by atoms with E-state index < -0.39 is 17.9 Å². The summed E-state index contributed by atoms with van der Waals surface area (Å²) < 4.78 is 15.5. The average molecular weight is 297 g/mol. The van der Waals surface area contributed by atoms with Crippen LogP contribution in [0.1, 0.15) is 23.7 Å². The summed E-state index contributed by atoms with van der Waals surface area (Å²) in [6.45, 7) is 1.61. The van der Waals surface area contributed by atoms with Gasteiger partial charge in [0.25, 0.3) is 5.91 Å². The topological polar surface area (TPSA) is 94.1 Å². The lowest BCUT2D eigenvalue weighted by molar-refractivity contribution is -0.137. The maximum Gasteiger partial charge on any atom is 0.305 e. The van der Waals surface area contributed by atoms with Crippen molar-refractivity contribution in [2.75, 3.05) is 21.3 Å². The van der Waals surface area contributed by atoms with Gasteiger partial charge >= 0.3 is 5.97 Å².